The molecule has 0 amide bonds. The zero-order chi connectivity index (χ0) is 28.1. The van der Waals surface area contributed by atoms with E-state index in [0.29, 0.717) is 6.54 Å². The van der Waals surface area contributed by atoms with Crippen LogP contribution in [0.15, 0.2) is 78.2 Å². The summed E-state index contributed by atoms with van der Waals surface area (Å²) in [6.07, 6.45) is 2.50. The monoisotopic (exact) mass is 503 g/mol. The Kier molecular flexibility index (Phi) is 13.2. The molecule has 0 radical (unpaired) electrons. The van der Waals surface area contributed by atoms with Crippen LogP contribution in [0.2, 0.25) is 0 Å². The topological polar surface area (TPSA) is 39.1 Å². The second-order valence-electron chi connectivity index (χ2n) is 9.27. The summed E-state index contributed by atoms with van der Waals surface area (Å²) in [5, 5.41) is 0. The van der Waals surface area contributed by atoms with Gasteiger partial charge in [-0.05, 0) is 66.2 Å². The van der Waals surface area contributed by atoms with Crippen LogP contribution in [0.3, 0.4) is 0 Å². The van der Waals surface area contributed by atoms with Gasteiger partial charge >= 0.3 is 0 Å². The molecule has 0 aliphatic heterocycles. The van der Waals surface area contributed by atoms with Gasteiger partial charge in [-0.25, -0.2) is 4.39 Å². The third-order valence-corrected chi connectivity index (χ3v) is 5.29. The summed E-state index contributed by atoms with van der Waals surface area (Å²) in [5.74, 6) is 0.275. The maximum absolute atomic E-state index is 13.5. The molecule has 0 N–H and O–H groups in total. The Bertz CT molecular complexity index is 1250. The van der Waals surface area contributed by atoms with Gasteiger partial charge in [0, 0.05) is 24.5 Å². The van der Waals surface area contributed by atoms with E-state index in [-0.39, 0.29) is 22.6 Å². The lowest BCUT2D eigenvalue weighted by molar-refractivity contribution is 0.101. The van der Waals surface area contributed by atoms with Gasteiger partial charge in [0.15, 0.2) is 11.2 Å². The average molecular weight is 504 g/mol. The van der Waals surface area contributed by atoms with Crippen molar-refractivity contribution in [3.05, 3.63) is 112 Å². The Hall–Kier alpha value is -3.53. The molecule has 0 saturated carbocycles. The summed E-state index contributed by atoms with van der Waals surface area (Å²) in [6.45, 7) is 20.9. The molecule has 0 bridgehead atoms. The molecule has 1 aromatic heterocycles. The first-order chi connectivity index (χ1) is 17.6. The molecule has 198 valence electrons. The lowest BCUT2D eigenvalue weighted by Gasteiger charge is -2.20. The molecule has 3 aromatic rings. The number of carbonyl (C=O) groups excluding carboxylic acids is 1. The third-order valence-electron chi connectivity index (χ3n) is 5.29. The number of hydrogen-bond acceptors (Lipinski definition) is 2. The van der Waals surface area contributed by atoms with Crippen molar-refractivity contribution in [2.45, 2.75) is 68.4 Å². The maximum Gasteiger partial charge on any atom is 0.192 e. The van der Waals surface area contributed by atoms with Crippen molar-refractivity contribution in [2.75, 3.05) is 0 Å². The Morgan fingerprint density at radius 1 is 0.946 bits per heavy atom. The minimum absolute atomic E-state index is 0.184. The van der Waals surface area contributed by atoms with Gasteiger partial charge in [0.1, 0.15) is 5.82 Å². The molecule has 4 heteroatoms. The molecule has 37 heavy (non-hydrogen) atoms. The van der Waals surface area contributed by atoms with Crippen LogP contribution < -0.4 is 5.43 Å². The number of rotatable bonds is 7. The molecule has 2 aromatic carbocycles. The predicted molar refractivity (Wildman–Crippen MR) is 157 cm³/mol. The van der Waals surface area contributed by atoms with Crippen LogP contribution in [-0.2, 0) is 6.54 Å². The summed E-state index contributed by atoms with van der Waals surface area (Å²) < 4.78 is 15.4. The zero-order valence-corrected chi connectivity index (χ0v) is 23.7. The van der Waals surface area contributed by atoms with Gasteiger partial charge < -0.3 is 4.57 Å². The number of halogens is 1. The van der Waals surface area contributed by atoms with E-state index in [4.69, 9.17) is 0 Å². The van der Waals surface area contributed by atoms with E-state index >= 15 is 0 Å². The average Bonchev–Trinajstić information content (AvgIpc) is 2.87. The fourth-order valence-corrected chi connectivity index (χ4v) is 3.73. The van der Waals surface area contributed by atoms with Crippen LogP contribution in [0.1, 0.15) is 89.0 Å². The highest BCUT2D eigenvalue weighted by atomic mass is 19.1. The third kappa shape index (κ3) is 9.13. The van der Waals surface area contributed by atoms with Crippen molar-refractivity contribution in [1.29, 1.82) is 0 Å². The van der Waals surface area contributed by atoms with Crippen LogP contribution in [0.5, 0.6) is 0 Å². The highest BCUT2D eigenvalue weighted by molar-refractivity contribution is 6.13. The summed E-state index contributed by atoms with van der Waals surface area (Å²) in [7, 11) is 0. The van der Waals surface area contributed by atoms with E-state index in [0.717, 1.165) is 45.9 Å². The first kappa shape index (κ1) is 31.5. The highest BCUT2D eigenvalue weighted by Crippen LogP contribution is 2.36. The summed E-state index contributed by atoms with van der Waals surface area (Å²) in [5.41, 5.74) is 4.82. The quantitative estimate of drug-likeness (QED) is 0.238. The van der Waals surface area contributed by atoms with Crippen LogP contribution in [0.25, 0.3) is 16.7 Å². The fourth-order valence-electron chi connectivity index (χ4n) is 3.73. The molecule has 0 unspecified atom stereocenters. The molecular weight excluding hydrogens is 461 g/mol. The molecule has 0 fully saturated rings. The standard InChI is InChI=1S/C27H26FNO2.C4H10.C2H6/c1-5-15-29-17-24(20(4)30)26(31)16-25(29)19(3)27(22-9-7-6-8-10-22)18(2)21-11-13-23(28)14-12-21;1-4(2)3;1-2/h6-14,16-17H,2,5,15H2,1,3-4H3;4H,1-3H3;1-2H3/b27-19-;;. The Balaban J connectivity index is 0.00000104. The number of nitrogens with zero attached hydrogens (tertiary/aromatic N) is 1. The molecular formula is C33H42FNO2. The van der Waals surface area contributed by atoms with E-state index in [1.165, 1.54) is 25.1 Å². The van der Waals surface area contributed by atoms with Crippen molar-refractivity contribution in [1.82, 2.24) is 4.57 Å². The second-order valence-corrected chi connectivity index (χ2v) is 9.27. The lowest BCUT2D eigenvalue weighted by Crippen LogP contribution is -2.19. The van der Waals surface area contributed by atoms with Gasteiger partial charge in [-0.1, -0.05) is 90.6 Å². The highest BCUT2D eigenvalue weighted by Gasteiger charge is 2.17. The predicted octanol–water partition coefficient (Wildman–Crippen LogP) is 8.93. The minimum atomic E-state index is -0.310. The Labute approximate surface area is 222 Å². The summed E-state index contributed by atoms with van der Waals surface area (Å²) >= 11 is 0. The largest absolute Gasteiger partial charge is 0.347 e. The Morgan fingerprint density at radius 3 is 1.97 bits per heavy atom. The number of benzene rings is 2. The van der Waals surface area contributed by atoms with E-state index in [2.05, 4.69) is 27.4 Å². The summed E-state index contributed by atoms with van der Waals surface area (Å²) in [4.78, 5) is 24.6. The molecule has 0 spiro atoms. The molecule has 0 saturated heterocycles. The van der Waals surface area contributed by atoms with Crippen molar-refractivity contribution < 1.29 is 9.18 Å². The number of hydrogen-bond donors (Lipinski definition) is 0. The smallest absolute Gasteiger partial charge is 0.192 e. The fraction of sp³-hybridized carbons (Fsp3) is 0.333. The van der Waals surface area contributed by atoms with Gasteiger partial charge in [0.2, 0.25) is 0 Å². The molecule has 0 aliphatic rings. The van der Waals surface area contributed by atoms with Crippen LogP contribution in [0, 0.1) is 11.7 Å². The van der Waals surface area contributed by atoms with Gasteiger partial charge in [-0.2, -0.15) is 0 Å². The van der Waals surface area contributed by atoms with E-state index < -0.39 is 0 Å². The second kappa shape index (κ2) is 15.6. The van der Waals surface area contributed by atoms with Crippen LogP contribution in [0.4, 0.5) is 4.39 Å². The van der Waals surface area contributed by atoms with Gasteiger partial charge in [0.25, 0.3) is 0 Å². The van der Waals surface area contributed by atoms with Gasteiger partial charge in [-0.15, -0.1) is 0 Å². The SMILES string of the molecule is C=C(/C(=C(\C)c1cc(=O)c(C(C)=O)cn1CCC)c1ccccc1)c1ccc(F)cc1.CC.CC(C)C. The van der Waals surface area contributed by atoms with Gasteiger partial charge in [-0.3, -0.25) is 9.59 Å². The normalized spacial score (nSPS) is 11.0. The number of Topliss-reactive ketones (excluding diaryl/α,β-unsaturated/α-hetero) is 1. The molecule has 0 atom stereocenters. The first-order valence-electron chi connectivity index (χ1n) is 13.0. The number of allylic oxidation sites excluding steroid dienone is 3. The van der Waals surface area contributed by atoms with E-state index in [1.54, 1.807) is 18.3 Å². The van der Waals surface area contributed by atoms with E-state index in [1.807, 2.05) is 62.6 Å². The van der Waals surface area contributed by atoms with Gasteiger partial charge in [0.05, 0.1) is 5.56 Å². The van der Waals surface area contributed by atoms with Crippen molar-refractivity contribution in [3.8, 4) is 0 Å². The number of ketones is 1. The maximum atomic E-state index is 13.5. The number of aromatic nitrogens is 1. The minimum Gasteiger partial charge on any atom is -0.347 e. The van der Waals surface area contributed by atoms with Crippen LogP contribution in [-0.4, -0.2) is 10.4 Å². The van der Waals surface area contributed by atoms with Crippen LogP contribution >= 0.6 is 0 Å². The molecule has 1 heterocycles. The molecule has 0 aliphatic carbocycles. The zero-order valence-electron chi connectivity index (χ0n) is 23.7. The van der Waals surface area contributed by atoms with Crippen molar-refractivity contribution in [3.63, 3.8) is 0 Å². The van der Waals surface area contributed by atoms with Crippen molar-refractivity contribution >= 4 is 22.5 Å². The number of carbonyl (C=O) groups is 1. The van der Waals surface area contributed by atoms with E-state index in [9.17, 15) is 14.0 Å². The molecule has 3 nitrogen and oxygen atoms in total. The number of aryl methyl sites for hydroxylation is 1. The number of pyridine rings is 1. The lowest BCUT2D eigenvalue weighted by atomic mass is 9.88. The first-order valence-corrected chi connectivity index (χ1v) is 13.0. The Morgan fingerprint density at radius 2 is 1.49 bits per heavy atom. The summed E-state index contributed by atoms with van der Waals surface area (Å²) in [6, 6.07) is 17.5. The van der Waals surface area contributed by atoms with Crippen molar-refractivity contribution in [2.24, 2.45) is 5.92 Å². The molecule has 3 rings (SSSR count).